The van der Waals surface area contributed by atoms with Gasteiger partial charge in [0.2, 0.25) is 11.7 Å². The molecule has 0 aromatic heterocycles. The summed E-state index contributed by atoms with van der Waals surface area (Å²) in [5, 5.41) is 12.9. The lowest BCUT2D eigenvalue weighted by Crippen LogP contribution is -2.40. The van der Waals surface area contributed by atoms with Crippen molar-refractivity contribution in [3.8, 4) is 17.2 Å². The Bertz CT molecular complexity index is 1090. The van der Waals surface area contributed by atoms with Gasteiger partial charge in [-0.25, -0.2) is 0 Å². The lowest BCUT2D eigenvalue weighted by Gasteiger charge is -2.08. The van der Waals surface area contributed by atoms with Crippen LogP contribution >= 0.6 is 0 Å². The first kappa shape index (κ1) is 22.3. The maximum absolute atomic E-state index is 12.6. The maximum Gasteiger partial charge on any atom is 0.322 e. The Kier molecular flexibility index (Phi) is 7.06. The highest BCUT2D eigenvalue weighted by molar-refractivity contribution is 6.14. The molecule has 1 aliphatic heterocycles. The summed E-state index contributed by atoms with van der Waals surface area (Å²) in [6.45, 7) is -1.30. The van der Waals surface area contributed by atoms with E-state index in [0.29, 0.717) is 22.8 Å². The first-order valence-corrected chi connectivity index (χ1v) is 9.46. The van der Waals surface area contributed by atoms with Gasteiger partial charge in [-0.05, 0) is 35.9 Å². The topological polar surface area (TPSA) is 140 Å². The number of methoxy groups -OCH3 is 1. The summed E-state index contributed by atoms with van der Waals surface area (Å²) in [6.07, 6.45) is 1.61. The van der Waals surface area contributed by atoms with Crippen molar-refractivity contribution in [1.29, 1.82) is 0 Å². The van der Waals surface area contributed by atoms with Crippen LogP contribution in [0.15, 0.2) is 48.2 Å². The number of carboxylic acids is 1. The van der Waals surface area contributed by atoms with E-state index in [1.807, 2.05) is 6.07 Å². The zero-order valence-electron chi connectivity index (χ0n) is 17.0. The van der Waals surface area contributed by atoms with Gasteiger partial charge in [0.1, 0.15) is 23.8 Å². The molecule has 0 spiro atoms. The van der Waals surface area contributed by atoms with Crippen molar-refractivity contribution in [2.75, 3.05) is 26.8 Å². The van der Waals surface area contributed by atoms with E-state index in [0.717, 1.165) is 5.56 Å². The fourth-order valence-corrected chi connectivity index (χ4v) is 2.76. The summed E-state index contributed by atoms with van der Waals surface area (Å²) in [6, 6.07) is 11.7. The second-order valence-electron chi connectivity index (χ2n) is 6.61. The van der Waals surface area contributed by atoms with Crippen molar-refractivity contribution in [2.24, 2.45) is 0 Å². The Morgan fingerprint density at radius 3 is 2.56 bits per heavy atom. The Morgan fingerprint density at radius 1 is 1.03 bits per heavy atom. The van der Waals surface area contributed by atoms with E-state index in [1.54, 1.807) is 31.4 Å². The maximum atomic E-state index is 12.6. The summed E-state index contributed by atoms with van der Waals surface area (Å²) in [5.74, 6) is -1.29. The molecule has 0 atom stereocenters. The van der Waals surface area contributed by atoms with Crippen LogP contribution in [0.5, 0.6) is 17.2 Å². The molecule has 2 amide bonds. The third-order valence-electron chi connectivity index (χ3n) is 4.29. The number of benzene rings is 2. The number of nitrogens with one attached hydrogen (secondary N) is 2. The molecule has 2 aromatic rings. The van der Waals surface area contributed by atoms with Gasteiger partial charge in [-0.1, -0.05) is 12.1 Å². The number of carbonyl (C=O) groups is 4. The smallest absolute Gasteiger partial charge is 0.322 e. The molecule has 0 radical (unpaired) electrons. The highest BCUT2D eigenvalue weighted by Gasteiger charge is 2.27. The van der Waals surface area contributed by atoms with Crippen LogP contribution in [-0.4, -0.2) is 55.5 Å². The zero-order chi connectivity index (χ0) is 23.1. The van der Waals surface area contributed by atoms with Crippen LogP contribution < -0.4 is 24.8 Å². The Hall–Kier alpha value is -4.34. The number of ether oxygens (including phenoxy) is 3. The van der Waals surface area contributed by atoms with Gasteiger partial charge in [-0.15, -0.1) is 0 Å². The average Bonchev–Trinajstić information content (AvgIpc) is 3.09. The minimum absolute atomic E-state index is 0.149. The number of carbonyl (C=O) groups excluding carboxylic acids is 3. The van der Waals surface area contributed by atoms with Gasteiger partial charge in [0.15, 0.2) is 12.4 Å². The van der Waals surface area contributed by atoms with Gasteiger partial charge in [-0.2, -0.15) is 0 Å². The second kappa shape index (κ2) is 10.1. The van der Waals surface area contributed by atoms with Gasteiger partial charge < -0.3 is 30.0 Å². The number of fused-ring (bicyclic) bond motifs is 1. The molecule has 0 bridgehead atoms. The van der Waals surface area contributed by atoms with E-state index in [2.05, 4.69) is 10.6 Å². The minimum atomic E-state index is -1.19. The van der Waals surface area contributed by atoms with Crippen LogP contribution in [0.1, 0.15) is 15.9 Å². The molecule has 0 unspecified atom stereocenters. The van der Waals surface area contributed by atoms with Crippen LogP contribution in [0.4, 0.5) is 0 Å². The number of aliphatic carboxylic acids is 1. The SMILES string of the molecule is COc1cccc(C=C2Oc3cc(OCC(=O)NCC(=O)NCC(=O)O)ccc3C2=O)c1. The normalized spacial score (nSPS) is 13.2. The third kappa shape index (κ3) is 5.85. The first-order chi connectivity index (χ1) is 15.4. The molecule has 3 N–H and O–H groups in total. The molecule has 3 rings (SSSR count). The Balaban J connectivity index is 1.56. The van der Waals surface area contributed by atoms with E-state index in [4.69, 9.17) is 19.3 Å². The molecule has 2 aromatic carbocycles. The number of rotatable bonds is 9. The average molecular weight is 440 g/mol. The number of hydrogen-bond acceptors (Lipinski definition) is 7. The molecule has 0 aliphatic carbocycles. The van der Waals surface area contributed by atoms with E-state index < -0.39 is 24.3 Å². The number of hydrogen-bond donors (Lipinski definition) is 3. The molecule has 10 nitrogen and oxygen atoms in total. The fraction of sp³-hybridized carbons (Fsp3) is 0.182. The molecule has 0 fully saturated rings. The molecular weight excluding hydrogens is 420 g/mol. The van der Waals surface area contributed by atoms with E-state index in [-0.39, 0.29) is 24.7 Å². The van der Waals surface area contributed by atoms with Gasteiger partial charge >= 0.3 is 5.97 Å². The van der Waals surface area contributed by atoms with E-state index in [1.165, 1.54) is 18.2 Å². The van der Waals surface area contributed by atoms with Crippen LogP contribution in [0.3, 0.4) is 0 Å². The van der Waals surface area contributed by atoms with Crippen molar-refractivity contribution in [3.63, 3.8) is 0 Å². The van der Waals surface area contributed by atoms with Crippen molar-refractivity contribution >= 4 is 29.6 Å². The van der Waals surface area contributed by atoms with Crippen molar-refractivity contribution in [2.45, 2.75) is 0 Å². The predicted molar refractivity (Wildman–Crippen MR) is 112 cm³/mol. The third-order valence-corrected chi connectivity index (χ3v) is 4.29. The van der Waals surface area contributed by atoms with Crippen molar-refractivity contribution in [1.82, 2.24) is 10.6 Å². The summed E-state index contributed by atoms with van der Waals surface area (Å²) in [4.78, 5) is 46.2. The first-order valence-electron chi connectivity index (χ1n) is 9.46. The van der Waals surface area contributed by atoms with Crippen LogP contribution in [0.25, 0.3) is 6.08 Å². The van der Waals surface area contributed by atoms with Gasteiger partial charge in [0.25, 0.3) is 5.91 Å². The van der Waals surface area contributed by atoms with Gasteiger partial charge in [0.05, 0.1) is 19.2 Å². The van der Waals surface area contributed by atoms with E-state index >= 15 is 0 Å². The number of ketones is 1. The molecule has 0 saturated heterocycles. The zero-order valence-corrected chi connectivity index (χ0v) is 17.0. The van der Waals surface area contributed by atoms with Crippen molar-refractivity contribution < 1.29 is 38.5 Å². The molecule has 32 heavy (non-hydrogen) atoms. The quantitative estimate of drug-likeness (QED) is 0.491. The standard InChI is InChI=1S/C22H20N2O8/c1-30-14-4-2-3-13(7-14)8-18-22(29)16-6-5-15(9-17(16)32-18)31-12-20(26)23-10-19(25)24-11-21(27)28/h2-9H,10-12H2,1H3,(H,23,26)(H,24,25)(H,27,28). The number of allylic oxidation sites excluding steroid dienone is 1. The second-order valence-corrected chi connectivity index (χ2v) is 6.61. The lowest BCUT2D eigenvalue weighted by atomic mass is 10.1. The molecule has 166 valence electrons. The number of Topliss-reactive ketones (excluding diaryl/α,β-unsaturated/α-hetero) is 1. The largest absolute Gasteiger partial charge is 0.497 e. The van der Waals surface area contributed by atoms with Crippen LogP contribution in [0.2, 0.25) is 0 Å². The Morgan fingerprint density at radius 2 is 1.81 bits per heavy atom. The fourth-order valence-electron chi connectivity index (χ4n) is 2.76. The number of carboxylic acid groups (broad SMARTS) is 1. The summed E-state index contributed by atoms with van der Waals surface area (Å²) in [5.41, 5.74) is 1.10. The van der Waals surface area contributed by atoms with Gasteiger partial charge in [-0.3, -0.25) is 19.2 Å². The van der Waals surface area contributed by atoms with Gasteiger partial charge in [0, 0.05) is 6.07 Å². The molecular formula is C22H20N2O8. The van der Waals surface area contributed by atoms with E-state index in [9.17, 15) is 19.2 Å². The molecule has 0 saturated carbocycles. The Labute approximate surface area is 182 Å². The molecule has 10 heteroatoms. The highest BCUT2D eigenvalue weighted by atomic mass is 16.5. The number of amides is 2. The summed E-state index contributed by atoms with van der Waals surface area (Å²) in [7, 11) is 1.55. The monoisotopic (exact) mass is 440 g/mol. The minimum Gasteiger partial charge on any atom is -0.497 e. The van der Waals surface area contributed by atoms with Crippen LogP contribution in [-0.2, 0) is 14.4 Å². The lowest BCUT2D eigenvalue weighted by molar-refractivity contribution is -0.137. The highest BCUT2D eigenvalue weighted by Crippen LogP contribution is 2.35. The molecule has 1 heterocycles. The van der Waals surface area contributed by atoms with Crippen molar-refractivity contribution in [3.05, 3.63) is 59.4 Å². The summed E-state index contributed by atoms with van der Waals surface area (Å²) < 4.78 is 16.2. The summed E-state index contributed by atoms with van der Waals surface area (Å²) >= 11 is 0. The van der Waals surface area contributed by atoms with Crippen LogP contribution in [0, 0.1) is 0 Å². The molecule has 1 aliphatic rings. The predicted octanol–water partition coefficient (Wildman–Crippen LogP) is 1.01.